The van der Waals surface area contributed by atoms with Crippen LogP contribution < -0.4 is 5.32 Å². The van der Waals surface area contributed by atoms with Crippen molar-refractivity contribution in [2.75, 3.05) is 6.54 Å². The van der Waals surface area contributed by atoms with Crippen LogP contribution in [0.4, 0.5) is 0 Å². The van der Waals surface area contributed by atoms with E-state index in [4.69, 9.17) is 10.5 Å². The van der Waals surface area contributed by atoms with Crippen molar-refractivity contribution in [1.29, 1.82) is 10.5 Å². The molecule has 1 fully saturated rings. The fourth-order valence-corrected chi connectivity index (χ4v) is 3.38. The molecule has 0 amide bonds. The van der Waals surface area contributed by atoms with Gasteiger partial charge in [-0.15, -0.1) is 0 Å². The summed E-state index contributed by atoms with van der Waals surface area (Å²) in [6.07, 6.45) is 6.34. The van der Waals surface area contributed by atoms with Gasteiger partial charge in [0.25, 0.3) is 0 Å². The fourth-order valence-electron chi connectivity index (χ4n) is 3.38. The molecule has 1 rings (SSSR count). The molecule has 20 heavy (non-hydrogen) atoms. The standard InChI is InChI=1S/C14H26N2.C3H5N/c1-5-14(4)10-12(16-8-6-7-15)9-13(2,3)11-14;1-2-3-4/h12,16H,5-6,8-11H2,1-4H3;2H2,1H3. The van der Waals surface area contributed by atoms with Crippen LogP contribution in [0.15, 0.2) is 0 Å². The molecule has 0 spiro atoms. The van der Waals surface area contributed by atoms with E-state index in [1.54, 1.807) is 0 Å². The topological polar surface area (TPSA) is 59.6 Å². The summed E-state index contributed by atoms with van der Waals surface area (Å²) < 4.78 is 0. The lowest BCUT2D eigenvalue weighted by atomic mass is 9.62. The van der Waals surface area contributed by atoms with Crippen molar-refractivity contribution in [3.63, 3.8) is 0 Å². The predicted molar refractivity (Wildman–Crippen MR) is 84.0 cm³/mol. The van der Waals surface area contributed by atoms with Crippen LogP contribution in [-0.2, 0) is 0 Å². The first-order valence-corrected chi connectivity index (χ1v) is 7.80. The van der Waals surface area contributed by atoms with Crippen molar-refractivity contribution in [3.05, 3.63) is 0 Å². The number of hydrogen-bond acceptors (Lipinski definition) is 3. The summed E-state index contributed by atoms with van der Waals surface area (Å²) in [6, 6.07) is 4.73. The second-order valence-corrected chi connectivity index (χ2v) is 6.98. The molecule has 3 nitrogen and oxygen atoms in total. The summed E-state index contributed by atoms with van der Waals surface area (Å²) in [7, 11) is 0. The zero-order valence-corrected chi connectivity index (χ0v) is 13.9. The van der Waals surface area contributed by atoms with Gasteiger partial charge in [-0.25, -0.2) is 0 Å². The summed E-state index contributed by atoms with van der Waals surface area (Å²) in [4.78, 5) is 0. The van der Waals surface area contributed by atoms with Gasteiger partial charge in [0.1, 0.15) is 0 Å². The van der Waals surface area contributed by atoms with E-state index in [9.17, 15) is 0 Å². The Bertz CT molecular complexity index is 348. The van der Waals surface area contributed by atoms with Gasteiger partial charge in [0, 0.05) is 25.4 Å². The van der Waals surface area contributed by atoms with E-state index < -0.39 is 0 Å². The van der Waals surface area contributed by atoms with Crippen LogP contribution in [0.2, 0.25) is 0 Å². The Morgan fingerprint density at radius 1 is 1.10 bits per heavy atom. The highest BCUT2D eigenvalue weighted by Crippen LogP contribution is 2.47. The van der Waals surface area contributed by atoms with Crippen molar-refractivity contribution in [2.45, 2.75) is 79.2 Å². The number of hydrogen-bond donors (Lipinski definition) is 1. The minimum atomic E-state index is 0.438. The third kappa shape index (κ3) is 7.51. The van der Waals surface area contributed by atoms with Gasteiger partial charge >= 0.3 is 0 Å². The molecule has 114 valence electrons. The molecule has 0 saturated heterocycles. The average Bonchev–Trinajstić information content (AvgIpc) is 2.37. The summed E-state index contributed by atoms with van der Waals surface area (Å²) >= 11 is 0. The van der Waals surface area contributed by atoms with E-state index in [-0.39, 0.29) is 0 Å². The van der Waals surface area contributed by atoms with E-state index in [0.717, 1.165) is 6.54 Å². The molecule has 1 saturated carbocycles. The van der Waals surface area contributed by atoms with Gasteiger partial charge in [0.15, 0.2) is 0 Å². The quantitative estimate of drug-likeness (QED) is 0.774. The molecule has 1 aliphatic carbocycles. The Kier molecular flexibility index (Phi) is 8.51. The minimum Gasteiger partial charge on any atom is -0.313 e. The Hall–Kier alpha value is -1.06. The van der Waals surface area contributed by atoms with Crippen LogP contribution in [-0.4, -0.2) is 12.6 Å². The lowest BCUT2D eigenvalue weighted by Crippen LogP contribution is -2.44. The maximum absolute atomic E-state index is 8.56. The average molecular weight is 277 g/mol. The molecular formula is C17H31N3. The van der Waals surface area contributed by atoms with Gasteiger partial charge in [0.05, 0.1) is 12.1 Å². The van der Waals surface area contributed by atoms with Gasteiger partial charge in [0.2, 0.25) is 0 Å². The van der Waals surface area contributed by atoms with Crippen molar-refractivity contribution < 1.29 is 0 Å². The SMILES string of the molecule is CCC#N.CCC1(C)CC(NCCC#N)CC(C)(C)C1. The molecule has 0 heterocycles. The van der Waals surface area contributed by atoms with Gasteiger partial charge in [-0.2, -0.15) is 10.5 Å². The van der Waals surface area contributed by atoms with E-state index >= 15 is 0 Å². The number of nitrogens with one attached hydrogen (secondary N) is 1. The highest BCUT2D eigenvalue weighted by molar-refractivity contribution is 4.94. The van der Waals surface area contributed by atoms with Gasteiger partial charge in [-0.05, 0) is 30.1 Å². The van der Waals surface area contributed by atoms with Crippen LogP contribution in [0.3, 0.4) is 0 Å². The van der Waals surface area contributed by atoms with Crippen LogP contribution >= 0.6 is 0 Å². The van der Waals surface area contributed by atoms with Crippen LogP contribution in [0.1, 0.15) is 73.1 Å². The van der Waals surface area contributed by atoms with E-state index in [1.165, 1.54) is 25.7 Å². The lowest BCUT2D eigenvalue weighted by Gasteiger charge is -2.46. The lowest BCUT2D eigenvalue weighted by molar-refractivity contribution is 0.0681. The van der Waals surface area contributed by atoms with Crippen molar-refractivity contribution >= 4 is 0 Å². The third-order valence-electron chi connectivity index (χ3n) is 4.12. The first-order chi connectivity index (χ1) is 9.32. The molecule has 2 atom stereocenters. The molecule has 0 aliphatic heterocycles. The summed E-state index contributed by atoms with van der Waals surface area (Å²) in [5.41, 5.74) is 0.916. The highest BCUT2D eigenvalue weighted by Gasteiger charge is 2.39. The normalized spacial score (nSPS) is 27.6. The molecule has 0 bridgehead atoms. The minimum absolute atomic E-state index is 0.438. The van der Waals surface area contributed by atoms with Gasteiger partial charge < -0.3 is 5.32 Å². The van der Waals surface area contributed by atoms with Crippen molar-refractivity contribution in [3.8, 4) is 12.1 Å². The van der Waals surface area contributed by atoms with Gasteiger partial charge in [-0.3, -0.25) is 0 Å². The van der Waals surface area contributed by atoms with E-state index in [0.29, 0.717) is 29.7 Å². The summed E-state index contributed by atoms with van der Waals surface area (Å²) in [6.45, 7) is 12.1. The highest BCUT2D eigenvalue weighted by atomic mass is 14.9. The maximum atomic E-state index is 8.56. The monoisotopic (exact) mass is 277 g/mol. The Morgan fingerprint density at radius 3 is 2.15 bits per heavy atom. The molecule has 0 aromatic carbocycles. The van der Waals surface area contributed by atoms with Gasteiger partial charge in [-0.1, -0.05) is 41.0 Å². The Balaban J connectivity index is 0.000000796. The largest absolute Gasteiger partial charge is 0.313 e. The Morgan fingerprint density at radius 2 is 1.70 bits per heavy atom. The smallest absolute Gasteiger partial charge is 0.0635 e. The van der Waals surface area contributed by atoms with E-state index in [2.05, 4.69) is 39.1 Å². The molecule has 2 unspecified atom stereocenters. The maximum Gasteiger partial charge on any atom is 0.0635 e. The van der Waals surface area contributed by atoms with E-state index in [1.807, 2.05) is 13.0 Å². The molecule has 0 radical (unpaired) electrons. The molecule has 0 aromatic heterocycles. The fraction of sp³-hybridized carbons (Fsp3) is 0.882. The van der Waals surface area contributed by atoms with Crippen molar-refractivity contribution in [1.82, 2.24) is 5.32 Å². The predicted octanol–water partition coefficient (Wildman–Crippen LogP) is 4.40. The molecule has 1 aliphatic rings. The Labute approximate surface area is 125 Å². The molecule has 1 N–H and O–H groups in total. The first-order valence-electron chi connectivity index (χ1n) is 7.80. The second-order valence-electron chi connectivity index (χ2n) is 6.98. The second kappa shape index (κ2) is 8.98. The van der Waals surface area contributed by atoms with Crippen LogP contribution in [0, 0.1) is 33.5 Å². The third-order valence-corrected chi connectivity index (χ3v) is 4.12. The molecular weight excluding hydrogens is 246 g/mol. The number of rotatable bonds is 4. The number of nitrogens with zero attached hydrogens (tertiary/aromatic N) is 2. The zero-order chi connectivity index (χ0) is 15.6. The summed E-state index contributed by atoms with van der Waals surface area (Å²) in [5.74, 6) is 0. The van der Waals surface area contributed by atoms with Crippen LogP contribution in [0.5, 0.6) is 0 Å². The molecule has 3 heteroatoms. The summed E-state index contributed by atoms with van der Waals surface area (Å²) in [5, 5.41) is 19.7. The first kappa shape index (κ1) is 18.9. The van der Waals surface area contributed by atoms with Crippen molar-refractivity contribution in [2.24, 2.45) is 10.8 Å². The molecule has 0 aromatic rings. The van der Waals surface area contributed by atoms with Crippen LogP contribution in [0.25, 0.3) is 0 Å². The zero-order valence-electron chi connectivity index (χ0n) is 13.9. The number of nitriles is 2.